The predicted octanol–water partition coefficient (Wildman–Crippen LogP) is 5.66. The first-order chi connectivity index (χ1) is 17.6. The number of aliphatic hydroxyl groups is 1. The molecule has 3 aliphatic heterocycles. The fourth-order valence-electron chi connectivity index (χ4n) is 9.51. The first kappa shape index (κ1) is 25.5. The third-order valence-electron chi connectivity index (χ3n) is 11.8. The highest BCUT2D eigenvalue weighted by Crippen LogP contribution is 2.74. The molecule has 0 amide bonds. The summed E-state index contributed by atoms with van der Waals surface area (Å²) in [5.74, 6) is 0.622. The molecule has 4 aliphatic carbocycles. The van der Waals surface area contributed by atoms with Gasteiger partial charge in [0.15, 0.2) is 12.1 Å². The van der Waals surface area contributed by atoms with Crippen molar-refractivity contribution in [3.05, 3.63) is 11.6 Å². The summed E-state index contributed by atoms with van der Waals surface area (Å²) in [6.45, 7) is 9.83. The molecule has 0 aromatic heterocycles. The van der Waals surface area contributed by atoms with Gasteiger partial charge in [0.05, 0.1) is 18.8 Å². The van der Waals surface area contributed by atoms with Crippen molar-refractivity contribution in [2.45, 2.75) is 133 Å². The third kappa shape index (κ3) is 3.79. The number of hydrogen-bond acceptors (Lipinski definition) is 6. The van der Waals surface area contributed by atoms with Gasteiger partial charge in [0, 0.05) is 36.9 Å². The van der Waals surface area contributed by atoms with Gasteiger partial charge in [-0.05, 0) is 88.0 Å². The molecule has 7 rings (SSSR count). The molecule has 7 aliphatic rings. The van der Waals surface area contributed by atoms with E-state index < -0.39 is 11.4 Å². The second-order valence-corrected chi connectivity index (χ2v) is 14.6. The second kappa shape index (κ2) is 8.50. The Morgan fingerprint density at radius 3 is 2.62 bits per heavy atom. The third-order valence-corrected chi connectivity index (χ3v) is 11.8. The molecule has 1 N–H and O–H groups in total. The molecule has 1 spiro atoms. The standard InChI is InChI=1S/C31H48O6/c1-26(2)20-35-30(36-21-26)15-16-31-24-9-12-27(3)23(22(24)8-14-29(31,19-30)37-31)10-13-28(27,32)11-6-18-34-25-7-4-5-17-33-25/h9,22-23,25,32H,4-8,10-21H2,1-3H3/t22-,23-,25?,27-,28-,29+,31+/m0/s1. The number of allylic oxidation sites excluding steroid dienone is 1. The minimum atomic E-state index is -0.611. The number of ether oxygens (including phenoxy) is 5. The molecule has 0 bridgehead atoms. The summed E-state index contributed by atoms with van der Waals surface area (Å²) in [6, 6.07) is 0. The van der Waals surface area contributed by atoms with Crippen LogP contribution in [0, 0.1) is 22.7 Å². The number of hydrogen-bond donors (Lipinski definition) is 1. The Kier molecular flexibility index (Phi) is 5.85. The normalized spacial score (nSPS) is 49.4. The Bertz CT molecular complexity index is 930. The maximum Gasteiger partial charge on any atom is 0.171 e. The highest BCUT2D eigenvalue weighted by molar-refractivity contribution is 5.43. The minimum Gasteiger partial charge on any atom is -0.389 e. The predicted molar refractivity (Wildman–Crippen MR) is 139 cm³/mol. The maximum absolute atomic E-state index is 12.0. The largest absolute Gasteiger partial charge is 0.389 e. The van der Waals surface area contributed by atoms with E-state index in [9.17, 15) is 5.11 Å². The average Bonchev–Trinajstić information content (AvgIpc) is 3.50. The van der Waals surface area contributed by atoms with Crippen LogP contribution in [0.4, 0.5) is 0 Å². The summed E-state index contributed by atoms with van der Waals surface area (Å²) in [5.41, 5.74) is 0.776. The molecule has 3 saturated heterocycles. The van der Waals surface area contributed by atoms with E-state index in [0.717, 1.165) is 96.9 Å². The Hall–Kier alpha value is -0.500. The van der Waals surface area contributed by atoms with Gasteiger partial charge in [-0.1, -0.05) is 26.8 Å². The van der Waals surface area contributed by atoms with Crippen molar-refractivity contribution in [1.82, 2.24) is 0 Å². The minimum absolute atomic E-state index is 0.0405. The Morgan fingerprint density at radius 2 is 1.84 bits per heavy atom. The molecule has 0 aromatic carbocycles. The lowest BCUT2D eigenvalue weighted by Gasteiger charge is -2.53. The molecular formula is C31H48O6. The van der Waals surface area contributed by atoms with Crippen LogP contribution in [0.3, 0.4) is 0 Å². The quantitative estimate of drug-likeness (QED) is 0.289. The second-order valence-electron chi connectivity index (χ2n) is 14.6. The van der Waals surface area contributed by atoms with E-state index >= 15 is 0 Å². The van der Waals surface area contributed by atoms with Crippen molar-refractivity contribution in [2.75, 3.05) is 26.4 Å². The van der Waals surface area contributed by atoms with Gasteiger partial charge in [-0.25, -0.2) is 0 Å². The molecular weight excluding hydrogens is 468 g/mol. The van der Waals surface area contributed by atoms with E-state index in [-0.39, 0.29) is 28.3 Å². The van der Waals surface area contributed by atoms with Crippen molar-refractivity contribution < 1.29 is 28.8 Å². The number of rotatable bonds is 5. The van der Waals surface area contributed by atoms with E-state index in [1.54, 1.807) is 5.57 Å². The van der Waals surface area contributed by atoms with Gasteiger partial charge in [0.1, 0.15) is 11.2 Å². The highest BCUT2D eigenvalue weighted by atomic mass is 16.7. The van der Waals surface area contributed by atoms with Crippen LogP contribution in [0.25, 0.3) is 0 Å². The van der Waals surface area contributed by atoms with Gasteiger partial charge < -0.3 is 28.8 Å². The molecule has 6 heteroatoms. The lowest BCUT2D eigenvalue weighted by Crippen LogP contribution is -2.57. The van der Waals surface area contributed by atoms with Crippen LogP contribution < -0.4 is 0 Å². The van der Waals surface area contributed by atoms with Crippen LogP contribution in [0.5, 0.6) is 0 Å². The van der Waals surface area contributed by atoms with Crippen LogP contribution >= 0.6 is 0 Å². The lowest BCUT2D eigenvalue weighted by molar-refractivity contribution is -0.313. The lowest BCUT2D eigenvalue weighted by atomic mass is 9.52. The van der Waals surface area contributed by atoms with E-state index in [1.807, 2.05) is 0 Å². The number of fused-ring (bicyclic) bond motifs is 3. The molecule has 37 heavy (non-hydrogen) atoms. The van der Waals surface area contributed by atoms with Crippen LogP contribution in [0.15, 0.2) is 11.6 Å². The molecule has 6 fully saturated rings. The molecule has 7 atom stereocenters. The SMILES string of the molecule is CC1(C)COC2(CC[C@]34O[C@]3(CC[C@@H]3C4=CC[C@@]4(C)[C@H]3CC[C@@]4(O)CCCOC3CCCCO3)C2)OC1. The topological polar surface area (TPSA) is 69.7 Å². The van der Waals surface area contributed by atoms with E-state index in [0.29, 0.717) is 18.4 Å². The summed E-state index contributed by atoms with van der Waals surface area (Å²) < 4.78 is 31.4. The van der Waals surface area contributed by atoms with Crippen molar-refractivity contribution >= 4 is 0 Å². The monoisotopic (exact) mass is 516 g/mol. The summed E-state index contributed by atoms with van der Waals surface area (Å²) in [6.07, 6.45) is 15.6. The molecule has 0 aromatic rings. The Balaban J connectivity index is 1.03. The van der Waals surface area contributed by atoms with Crippen LogP contribution in [0.1, 0.15) is 104 Å². The van der Waals surface area contributed by atoms with Crippen LogP contribution in [-0.2, 0) is 23.7 Å². The van der Waals surface area contributed by atoms with Gasteiger partial charge in [0.25, 0.3) is 0 Å². The highest BCUT2D eigenvalue weighted by Gasteiger charge is 2.79. The summed E-state index contributed by atoms with van der Waals surface area (Å²) in [4.78, 5) is 0. The summed E-state index contributed by atoms with van der Waals surface area (Å²) in [5, 5.41) is 12.0. The summed E-state index contributed by atoms with van der Waals surface area (Å²) >= 11 is 0. The van der Waals surface area contributed by atoms with Crippen molar-refractivity contribution in [3.63, 3.8) is 0 Å². The first-order valence-corrected chi connectivity index (χ1v) is 15.3. The zero-order valence-corrected chi connectivity index (χ0v) is 23.3. The van der Waals surface area contributed by atoms with Gasteiger partial charge in [-0.2, -0.15) is 0 Å². The zero-order valence-electron chi connectivity index (χ0n) is 23.3. The van der Waals surface area contributed by atoms with Gasteiger partial charge in [0.2, 0.25) is 0 Å². The Labute approximate surface area is 222 Å². The fraction of sp³-hybridized carbons (Fsp3) is 0.935. The molecule has 1 unspecified atom stereocenters. The van der Waals surface area contributed by atoms with E-state index in [1.165, 1.54) is 6.42 Å². The van der Waals surface area contributed by atoms with Crippen molar-refractivity contribution in [1.29, 1.82) is 0 Å². The molecule has 208 valence electrons. The molecule has 0 radical (unpaired) electrons. The zero-order chi connectivity index (χ0) is 25.6. The average molecular weight is 517 g/mol. The smallest absolute Gasteiger partial charge is 0.171 e. The van der Waals surface area contributed by atoms with Crippen LogP contribution in [0.2, 0.25) is 0 Å². The van der Waals surface area contributed by atoms with Gasteiger partial charge >= 0.3 is 0 Å². The maximum atomic E-state index is 12.0. The molecule has 3 heterocycles. The van der Waals surface area contributed by atoms with Crippen LogP contribution in [-0.4, -0.2) is 60.4 Å². The first-order valence-electron chi connectivity index (χ1n) is 15.3. The van der Waals surface area contributed by atoms with Gasteiger partial charge in [-0.15, -0.1) is 0 Å². The number of epoxide rings is 1. The molecule has 3 saturated carbocycles. The van der Waals surface area contributed by atoms with Crippen molar-refractivity contribution in [2.24, 2.45) is 22.7 Å². The van der Waals surface area contributed by atoms with E-state index in [2.05, 4.69) is 26.8 Å². The van der Waals surface area contributed by atoms with Crippen molar-refractivity contribution in [3.8, 4) is 0 Å². The summed E-state index contributed by atoms with van der Waals surface area (Å²) in [7, 11) is 0. The Morgan fingerprint density at radius 1 is 1.00 bits per heavy atom. The van der Waals surface area contributed by atoms with E-state index in [4.69, 9.17) is 23.7 Å². The van der Waals surface area contributed by atoms with Gasteiger partial charge in [-0.3, -0.25) is 0 Å². The molecule has 6 nitrogen and oxygen atoms in total. The fourth-order valence-corrected chi connectivity index (χ4v) is 9.51.